The van der Waals surface area contributed by atoms with Crippen LogP contribution in [0.2, 0.25) is 0 Å². The third-order valence-electron chi connectivity index (χ3n) is 2.36. The molecule has 0 saturated carbocycles. The molecule has 0 aliphatic carbocycles. The number of ketones is 1. The zero-order valence-electron chi connectivity index (χ0n) is 10.1. The van der Waals surface area contributed by atoms with Crippen LogP contribution in [0.25, 0.3) is 6.08 Å². The predicted octanol–water partition coefficient (Wildman–Crippen LogP) is 2.61. The second-order valence-corrected chi connectivity index (χ2v) is 3.77. The number of ether oxygens (including phenoxy) is 1. The van der Waals surface area contributed by atoms with E-state index in [1.165, 1.54) is 12.3 Å². The fraction of sp³-hybridized carbons (Fsp3) is 0.0667. The molecule has 1 aromatic carbocycles. The Balaban J connectivity index is 1.85. The predicted molar refractivity (Wildman–Crippen MR) is 69.0 cm³/mol. The molecule has 2 rings (SSSR count). The SMILES string of the molecule is O=C(/C=C/c1ccco1)C(=O)OCc1ccccc1. The summed E-state index contributed by atoms with van der Waals surface area (Å²) in [5, 5.41) is 0. The van der Waals surface area contributed by atoms with Crippen molar-refractivity contribution in [3.8, 4) is 0 Å². The number of furan rings is 1. The summed E-state index contributed by atoms with van der Waals surface area (Å²) in [6.45, 7) is 0.0833. The number of hydrogen-bond acceptors (Lipinski definition) is 4. The molecule has 2 aromatic rings. The molecule has 19 heavy (non-hydrogen) atoms. The Morgan fingerprint density at radius 3 is 2.58 bits per heavy atom. The Bertz CT molecular complexity index is 567. The number of esters is 1. The highest BCUT2D eigenvalue weighted by atomic mass is 16.5. The maximum absolute atomic E-state index is 11.5. The minimum Gasteiger partial charge on any atom is -0.465 e. The van der Waals surface area contributed by atoms with Gasteiger partial charge in [0.25, 0.3) is 5.78 Å². The van der Waals surface area contributed by atoms with Crippen LogP contribution in [0.15, 0.2) is 59.2 Å². The number of carbonyl (C=O) groups is 2. The zero-order chi connectivity index (χ0) is 13.5. The normalized spacial score (nSPS) is 10.5. The van der Waals surface area contributed by atoms with Crippen molar-refractivity contribution in [2.75, 3.05) is 0 Å². The van der Waals surface area contributed by atoms with Crippen LogP contribution in [0.3, 0.4) is 0 Å². The van der Waals surface area contributed by atoms with E-state index in [2.05, 4.69) is 0 Å². The summed E-state index contributed by atoms with van der Waals surface area (Å²) in [7, 11) is 0. The lowest BCUT2D eigenvalue weighted by molar-refractivity contribution is -0.152. The average molecular weight is 256 g/mol. The van der Waals surface area contributed by atoms with Crippen molar-refractivity contribution in [2.45, 2.75) is 6.61 Å². The van der Waals surface area contributed by atoms with E-state index < -0.39 is 11.8 Å². The van der Waals surface area contributed by atoms with Gasteiger partial charge in [-0.05, 0) is 29.8 Å². The van der Waals surface area contributed by atoms with E-state index in [0.717, 1.165) is 11.6 Å². The lowest BCUT2D eigenvalue weighted by atomic mass is 10.2. The number of hydrogen-bond donors (Lipinski definition) is 0. The van der Waals surface area contributed by atoms with Gasteiger partial charge in [-0.3, -0.25) is 4.79 Å². The second kappa shape index (κ2) is 6.35. The summed E-state index contributed by atoms with van der Waals surface area (Å²) in [6, 6.07) is 12.5. The van der Waals surface area contributed by atoms with Gasteiger partial charge in [0.05, 0.1) is 6.26 Å². The van der Waals surface area contributed by atoms with Crippen molar-refractivity contribution in [1.82, 2.24) is 0 Å². The summed E-state index contributed by atoms with van der Waals surface area (Å²) in [5.74, 6) is -1.09. The number of carbonyl (C=O) groups excluding carboxylic acids is 2. The fourth-order valence-electron chi connectivity index (χ4n) is 1.41. The number of benzene rings is 1. The van der Waals surface area contributed by atoms with Gasteiger partial charge in [-0.25, -0.2) is 4.79 Å². The van der Waals surface area contributed by atoms with Crippen LogP contribution in [0.4, 0.5) is 0 Å². The first-order valence-electron chi connectivity index (χ1n) is 5.72. The first-order chi connectivity index (χ1) is 9.25. The van der Waals surface area contributed by atoms with E-state index >= 15 is 0 Å². The molecule has 0 bridgehead atoms. The van der Waals surface area contributed by atoms with Crippen molar-refractivity contribution in [3.63, 3.8) is 0 Å². The summed E-state index contributed by atoms with van der Waals surface area (Å²) in [6.07, 6.45) is 4.04. The molecule has 96 valence electrons. The van der Waals surface area contributed by atoms with E-state index in [1.54, 1.807) is 12.1 Å². The van der Waals surface area contributed by atoms with Crippen LogP contribution in [0.1, 0.15) is 11.3 Å². The molecule has 0 atom stereocenters. The Hall–Kier alpha value is -2.62. The molecule has 0 aliphatic heterocycles. The second-order valence-electron chi connectivity index (χ2n) is 3.77. The molecular weight excluding hydrogens is 244 g/mol. The van der Waals surface area contributed by atoms with Gasteiger partial charge in [0.2, 0.25) is 0 Å². The Morgan fingerprint density at radius 1 is 1.11 bits per heavy atom. The van der Waals surface area contributed by atoms with Gasteiger partial charge in [0.1, 0.15) is 12.4 Å². The highest BCUT2D eigenvalue weighted by Crippen LogP contribution is 2.04. The van der Waals surface area contributed by atoms with Gasteiger partial charge < -0.3 is 9.15 Å². The van der Waals surface area contributed by atoms with Gasteiger partial charge in [0, 0.05) is 0 Å². The van der Waals surface area contributed by atoms with E-state index in [1.807, 2.05) is 30.3 Å². The molecule has 0 N–H and O–H groups in total. The van der Waals surface area contributed by atoms with E-state index in [9.17, 15) is 9.59 Å². The zero-order valence-corrected chi connectivity index (χ0v) is 10.1. The largest absolute Gasteiger partial charge is 0.465 e. The minimum absolute atomic E-state index is 0.0833. The van der Waals surface area contributed by atoms with Gasteiger partial charge in [-0.1, -0.05) is 30.3 Å². The Kier molecular flexibility index (Phi) is 4.29. The van der Waals surface area contributed by atoms with Crippen molar-refractivity contribution in [1.29, 1.82) is 0 Å². The first kappa shape index (κ1) is 12.8. The lowest BCUT2D eigenvalue weighted by Crippen LogP contribution is -2.14. The van der Waals surface area contributed by atoms with Crippen molar-refractivity contribution in [3.05, 3.63) is 66.1 Å². The molecule has 0 saturated heterocycles. The number of rotatable bonds is 5. The summed E-state index contributed by atoms with van der Waals surface area (Å²) >= 11 is 0. The molecule has 0 spiro atoms. The lowest BCUT2D eigenvalue weighted by Gasteiger charge is -2.01. The van der Waals surface area contributed by atoms with Crippen molar-refractivity contribution in [2.24, 2.45) is 0 Å². The minimum atomic E-state index is -0.883. The van der Waals surface area contributed by atoms with Crippen LogP contribution in [0.5, 0.6) is 0 Å². The molecule has 0 fully saturated rings. The van der Waals surface area contributed by atoms with Crippen LogP contribution in [-0.2, 0) is 20.9 Å². The van der Waals surface area contributed by atoms with E-state index in [0.29, 0.717) is 5.76 Å². The molecule has 0 amide bonds. The van der Waals surface area contributed by atoms with Gasteiger partial charge in [-0.15, -0.1) is 0 Å². The molecule has 4 heteroatoms. The molecule has 0 aliphatic rings. The Morgan fingerprint density at radius 2 is 1.89 bits per heavy atom. The molecule has 0 unspecified atom stereocenters. The first-order valence-corrected chi connectivity index (χ1v) is 5.72. The quantitative estimate of drug-likeness (QED) is 0.468. The third-order valence-corrected chi connectivity index (χ3v) is 2.36. The molecule has 0 radical (unpaired) electrons. The maximum atomic E-state index is 11.5. The average Bonchev–Trinajstić information content (AvgIpc) is 2.96. The van der Waals surface area contributed by atoms with Crippen molar-refractivity contribution >= 4 is 17.8 Å². The van der Waals surface area contributed by atoms with Gasteiger partial charge in [0.15, 0.2) is 0 Å². The topological polar surface area (TPSA) is 56.5 Å². The summed E-state index contributed by atoms with van der Waals surface area (Å²) in [5.41, 5.74) is 0.832. The van der Waals surface area contributed by atoms with Crippen LogP contribution < -0.4 is 0 Å². The highest BCUT2D eigenvalue weighted by Gasteiger charge is 2.11. The van der Waals surface area contributed by atoms with Crippen LogP contribution in [0, 0.1) is 0 Å². The van der Waals surface area contributed by atoms with Crippen LogP contribution in [-0.4, -0.2) is 11.8 Å². The van der Waals surface area contributed by atoms with E-state index in [4.69, 9.17) is 9.15 Å². The monoisotopic (exact) mass is 256 g/mol. The molecule has 4 nitrogen and oxygen atoms in total. The molecule has 1 heterocycles. The standard InChI is InChI=1S/C15H12O4/c16-14(9-8-13-7-4-10-18-13)15(17)19-11-12-5-2-1-3-6-12/h1-10H,11H2/b9-8+. The molecular formula is C15H12O4. The summed E-state index contributed by atoms with van der Waals surface area (Å²) in [4.78, 5) is 22.9. The van der Waals surface area contributed by atoms with Gasteiger partial charge >= 0.3 is 5.97 Å². The third kappa shape index (κ3) is 3.96. The Labute approximate surface area is 110 Å². The highest BCUT2D eigenvalue weighted by molar-refractivity contribution is 6.39. The van der Waals surface area contributed by atoms with Gasteiger partial charge in [-0.2, -0.15) is 0 Å². The smallest absolute Gasteiger partial charge is 0.379 e. The maximum Gasteiger partial charge on any atom is 0.379 e. The van der Waals surface area contributed by atoms with E-state index in [-0.39, 0.29) is 6.61 Å². The summed E-state index contributed by atoms with van der Waals surface area (Å²) < 4.78 is 9.89. The van der Waals surface area contributed by atoms with Crippen molar-refractivity contribution < 1.29 is 18.7 Å². The fourth-order valence-corrected chi connectivity index (χ4v) is 1.41. The van der Waals surface area contributed by atoms with Crippen LogP contribution >= 0.6 is 0 Å². The molecule has 1 aromatic heterocycles.